The van der Waals surface area contributed by atoms with E-state index < -0.39 is 0 Å². The number of benzene rings is 1. The summed E-state index contributed by atoms with van der Waals surface area (Å²) in [7, 11) is 2.26. The van der Waals surface area contributed by atoms with Gasteiger partial charge < -0.3 is 4.90 Å². The minimum absolute atomic E-state index is 0.253. The Balaban J connectivity index is 1.88. The van der Waals surface area contributed by atoms with Crippen LogP contribution in [-0.2, 0) is 0 Å². The maximum atomic E-state index is 12.1. The number of likely N-dealkylation sites (N-methyl/N-ethyl adjacent to an activating group) is 1. The minimum atomic E-state index is 0.253. The van der Waals surface area contributed by atoms with Gasteiger partial charge in [-0.1, -0.05) is 19.1 Å². The summed E-state index contributed by atoms with van der Waals surface area (Å²) in [5.74, 6) is 0.253. The highest BCUT2D eigenvalue weighted by Gasteiger charge is 2.35. The lowest BCUT2D eigenvalue weighted by atomic mass is 10.0. The van der Waals surface area contributed by atoms with E-state index >= 15 is 0 Å². The Kier molecular flexibility index (Phi) is 3.79. The molecule has 2 aliphatic rings. The second kappa shape index (κ2) is 5.57. The maximum Gasteiger partial charge on any atom is 0.164 e. The molecule has 3 rings (SSSR count). The fourth-order valence-corrected chi connectivity index (χ4v) is 3.70. The van der Waals surface area contributed by atoms with E-state index in [0.717, 1.165) is 30.4 Å². The molecule has 3 heteroatoms. The van der Waals surface area contributed by atoms with Gasteiger partial charge in [0.2, 0.25) is 0 Å². The van der Waals surface area contributed by atoms with Crippen molar-refractivity contribution in [2.45, 2.75) is 44.7 Å². The number of ketones is 1. The van der Waals surface area contributed by atoms with Gasteiger partial charge >= 0.3 is 0 Å². The first kappa shape index (κ1) is 13.6. The van der Waals surface area contributed by atoms with Crippen molar-refractivity contribution in [2.75, 3.05) is 25.0 Å². The first-order valence-electron chi connectivity index (χ1n) is 7.79. The fraction of sp³-hybridized carbons (Fsp3) is 0.588. The topological polar surface area (TPSA) is 23.6 Å². The van der Waals surface area contributed by atoms with Crippen LogP contribution in [0.1, 0.15) is 43.0 Å². The van der Waals surface area contributed by atoms with Crippen LogP contribution in [0.2, 0.25) is 0 Å². The van der Waals surface area contributed by atoms with Crippen LogP contribution >= 0.6 is 0 Å². The Bertz CT molecular complexity index is 500. The van der Waals surface area contributed by atoms with Gasteiger partial charge in [0, 0.05) is 42.8 Å². The SMILES string of the molecule is CCC(=O)c1ccccc1N1CCC2CCC(C1)N2C. The summed E-state index contributed by atoms with van der Waals surface area (Å²) in [5.41, 5.74) is 2.04. The molecule has 2 heterocycles. The number of fused-ring (bicyclic) bond motifs is 2. The van der Waals surface area contributed by atoms with Gasteiger partial charge in [0.1, 0.15) is 0 Å². The molecule has 2 fully saturated rings. The van der Waals surface area contributed by atoms with E-state index in [0.29, 0.717) is 12.5 Å². The van der Waals surface area contributed by atoms with E-state index in [1.165, 1.54) is 19.3 Å². The van der Waals surface area contributed by atoms with Crippen molar-refractivity contribution in [3.8, 4) is 0 Å². The van der Waals surface area contributed by atoms with Gasteiger partial charge in [0.15, 0.2) is 5.78 Å². The Morgan fingerprint density at radius 2 is 1.95 bits per heavy atom. The number of carbonyl (C=O) groups is 1. The normalized spacial score (nSPS) is 26.6. The van der Waals surface area contributed by atoms with Crippen molar-refractivity contribution < 1.29 is 4.79 Å². The fourth-order valence-electron chi connectivity index (χ4n) is 3.70. The molecule has 0 amide bonds. The molecule has 2 saturated heterocycles. The molecule has 2 atom stereocenters. The van der Waals surface area contributed by atoms with Crippen molar-refractivity contribution in [2.24, 2.45) is 0 Å². The molecular formula is C17H24N2O. The van der Waals surface area contributed by atoms with Gasteiger partial charge in [-0.2, -0.15) is 0 Å². The van der Waals surface area contributed by atoms with Gasteiger partial charge in [-0.05, 0) is 38.4 Å². The van der Waals surface area contributed by atoms with Crippen molar-refractivity contribution >= 4 is 11.5 Å². The van der Waals surface area contributed by atoms with Gasteiger partial charge in [-0.15, -0.1) is 0 Å². The highest BCUT2D eigenvalue weighted by molar-refractivity contribution is 6.01. The monoisotopic (exact) mass is 272 g/mol. The standard InChI is InChI=1S/C17H24N2O/c1-3-17(20)15-6-4-5-7-16(15)19-11-10-13-8-9-14(12-19)18(13)2/h4-7,13-14H,3,8-12H2,1-2H3. The van der Waals surface area contributed by atoms with Crippen LogP contribution in [0.3, 0.4) is 0 Å². The molecule has 0 radical (unpaired) electrons. The molecule has 0 N–H and O–H groups in total. The molecule has 0 aromatic heterocycles. The molecule has 1 aromatic rings. The molecule has 0 aliphatic carbocycles. The molecule has 2 aliphatic heterocycles. The summed E-state index contributed by atoms with van der Waals surface area (Å²) in [6.45, 7) is 4.07. The molecule has 0 saturated carbocycles. The third-order valence-corrected chi connectivity index (χ3v) is 5.01. The quantitative estimate of drug-likeness (QED) is 0.790. The van der Waals surface area contributed by atoms with Crippen LogP contribution in [0.5, 0.6) is 0 Å². The van der Waals surface area contributed by atoms with E-state index in [-0.39, 0.29) is 5.78 Å². The largest absolute Gasteiger partial charge is 0.369 e. The summed E-state index contributed by atoms with van der Waals surface area (Å²) in [6.07, 6.45) is 4.42. The van der Waals surface area contributed by atoms with Crippen LogP contribution in [0.4, 0.5) is 5.69 Å². The average Bonchev–Trinajstić information content (AvgIpc) is 2.71. The number of hydrogen-bond acceptors (Lipinski definition) is 3. The van der Waals surface area contributed by atoms with Gasteiger partial charge in [0.25, 0.3) is 0 Å². The number of hydrogen-bond donors (Lipinski definition) is 0. The Hall–Kier alpha value is -1.35. The molecule has 20 heavy (non-hydrogen) atoms. The zero-order valence-electron chi connectivity index (χ0n) is 12.5. The van der Waals surface area contributed by atoms with Gasteiger partial charge in [-0.3, -0.25) is 9.69 Å². The molecule has 0 spiro atoms. The minimum Gasteiger partial charge on any atom is -0.369 e. The number of anilines is 1. The van der Waals surface area contributed by atoms with Crippen molar-refractivity contribution in [3.63, 3.8) is 0 Å². The van der Waals surface area contributed by atoms with Crippen LogP contribution in [-0.4, -0.2) is 42.9 Å². The lowest BCUT2D eigenvalue weighted by Gasteiger charge is -2.29. The highest BCUT2D eigenvalue weighted by Crippen LogP contribution is 2.32. The zero-order valence-corrected chi connectivity index (χ0v) is 12.5. The van der Waals surface area contributed by atoms with E-state index in [4.69, 9.17) is 0 Å². The predicted octanol–water partition coefficient (Wildman–Crippen LogP) is 2.95. The lowest BCUT2D eigenvalue weighted by Crippen LogP contribution is -2.37. The first-order chi connectivity index (χ1) is 9.70. The van der Waals surface area contributed by atoms with Crippen molar-refractivity contribution in [1.29, 1.82) is 0 Å². The highest BCUT2D eigenvalue weighted by atomic mass is 16.1. The summed E-state index contributed by atoms with van der Waals surface area (Å²) in [5, 5.41) is 0. The average molecular weight is 272 g/mol. The number of rotatable bonds is 3. The summed E-state index contributed by atoms with van der Waals surface area (Å²) in [4.78, 5) is 17.1. The third-order valence-electron chi connectivity index (χ3n) is 5.01. The van der Waals surface area contributed by atoms with Crippen LogP contribution in [0.15, 0.2) is 24.3 Å². The number of carbonyl (C=O) groups excluding carboxylic acids is 1. The lowest BCUT2D eigenvalue weighted by molar-refractivity contribution is 0.0988. The summed E-state index contributed by atoms with van der Waals surface area (Å²) in [6, 6.07) is 9.50. The van der Waals surface area contributed by atoms with E-state index in [1.54, 1.807) is 0 Å². The third kappa shape index (κ3) is 2.35. The number of nitrogens with zero attached hydrogens (tertiary/aromatic N) is 2. The van der Waals surface area contributed by atoms with Crippen molar-refractivity contribution in [1.82, 2.24) is 4.90 Å². The maximum absolute atomic E-state index is 12.1. The number of para-hydroxylation sites is 1. The van der Waals surface area contributed by atoms with Gasteiger partial charge in [0.05, 0.1) is 0 Å². The summed E-state index contributed by atoms with van der Waals surface area (Å²) >= 11 is 0. The van der Waals surface area contributed by atoms with Crippen LogP contribution in [0.25, 0.3) is 0 Å². The Labute approximate surface area is 121 Å². The number of Topliss-reactive ketones (excluding diaryl/α,β-unsaturated/α-hetero) is 1. The Morgan fingerprint density at radius 3 is 2.75 bits per heavy atom. The summed E-state index contributed by atoms with van der Waals surface area (Å²) < 4.78 is 0. The van der Waals surface area contributed by atoms with Crippen molar-refractivity contribution in [3.05, 3.63) is 29.8 Å². The smallest absolute Gasteiger partial charge is 0.164 e. The van der Waals surface area contributed by atoms with E-state index in [9.17, 15) is 4.79 Å². The second-order valence-electron chi connectivity index (χ2n) is 6.08. The predicted molar refractivity (Wildman–Crippen MR) is 82.5 cm³/mol. The van der Waals surface area contributed by atoms with E-state index in [2.05, 4.69) is 29.0 Å². The zero-order chi connectivity index (χ0) is 14.1. The molecule has 2 bridgehead atoms. The van der Waals surface area contributed by atoms with Gasteiger partial charge in [-0.25, -0.2) is 0 Å². The second-order valence-corrected chi connectivity index (χ2v) is 6.08. The first-order valence-corrected chi connectivity index (χ1v) is 7.79. The van der Waals surface area contributed by atoms with Crippen LogP contribution < -0.4 is 4.90 Å². The molecule has 1 aromatic carbocycles. The van der Waals surface area contributed by atoms with E-state index in [1.807, 2.05) is 19.1 Å². The molecule has 108 valence electrons. The molecular weight excluding hydrogens is 248 g/mol. The van der Waals surface area contributed by atoms with Crippen LogP contribution in [0, 0.1) is 0 Å². The Morgan fingerprint density at radius 1 is 1.20 bits per heavy atom. The molecule has 3 nitrogen and oxygen atoms in total. The molecule has 2 unspecified atom stereocenters.